The van der Waals surface area contributed by atoms with Gasteiger partial charge in [-0.3, -0.25) is 4.68 Å². The molecule has 6 rings (SSSR count). The predicted molar refractivity (Wildman–Crippen MR) is 128 cm³/mol. The number of benzene rings is 1. The summed E-state index contributed by atoms with van der Waals surface area (Å²) < 4.78 is 36.2. The van der Waals surface area contributed by atoms with E-state index in [1.807, 2.05) is 19.4 Å². The van der Waals surface area contributed by atoms with Gasteiger partial charge in [0, 0.05) is 56.3 Å². The minimum Gasteiger partial charge on any atom is -0.493 e. The maximum atomic E-state index is 13.0. The molecule has 4 heterocycles. The molecule has 1 N–H and O–H groups in total. The number of hydrogen-bond donors (Lipinski definition) is 1. The summed E-state index contributed by atoms with van der Waals surface area (Å²) in [6.45, 7) is 2.06. The van der Waals surface area contributed by atoms with Crippen molar-refractivity contribution in [2.45, 2.75) is 36.6 Å². The molecule has 10 heteroatoms. The van der Waals surface area contributed by atoms with Crippen molar-refractivity contribution in [3.63, 3.8) is 0 Å². The van der Waals surface area contributed by atoms with Crippen molar-refractivity contribution in [1.29, 1.82) is 0 Å². The van der Waals surface area contributed by atoms with Crippen LogP contribution >= 0.6 is 0 Å². The van der Waals surface area contributed by atoms with Gasteiger partial charge in [0.1, 0.15) is 17.9 Å². The van der Waals surface area contributed by atoms with Gasteiger partial charge < -0.3 is 9.64 Å². The van der Waals surface area contributed by atoms with Crippen LogP contribution in [-0.2, 0) is 29.9 Å². The molecule has 0 radical (unpaired) electrons. The van der Waals surface area contributed by atoms with Crippen LogP contribution in [0.15, 0.2) is 41.8 Å². The van der Waals surface area contributed by atoms with E-state index in [2.05, 4.69) is 30.8 Å². The SMILES string of the molecule is Cn1cc(C2=Cc3c(ncnc3N3CCC(NS(=O)(=O)c4ccc5c(c4)CCO5)CC3)C2)cn1. The van der Waals surface area contributed by atoms with Crippen LogP contribution in [0.4, 0.5) is 5.82 Å². The van der Waals surface area contributed by atoms with Crippen LogP contribution in [0.3, 0.4) is 0 Å². The Kier molecular flexibility index (Phi) is 5.14. The van der Waals surface area contributed by atoms with Crippen LogP contribution < -0.4 is 14.4 Å². The number of hydrogen-bond acceptors (Lipinski definition) is 7. The first-order valence-corrected chi connectivity index (χ1v) is 13.0. The summed E-state index contributed by atoms with van der Waals surface area (Å²) in [5, 5.41) is 4.28. The highest BCUT2D eigenvalue weighted by atomic mass is 32.2. The maximum absolute atomic E-state index is 13.0. The highest BCUT2D eigenvalue weighted by molar-refractivity contribution is 7.89. The number of nitrogens with one attached hydrogen (secondary N) is 1. The Balaban J connectivity index is 1.15. The molecule has 34 heavy (non-hydrogen) atoms. The van der Waals surface area contributed by atoms with E-state index < -0.39 is 10.0 Å². The Morgan fingerprint density at radius 1 is 1.18 bits per heavy atom. The van der Waals surface area contributed by atoms with E-state index in [0.29, 0.717) is 24.3 Å². The van der Waals surface area contributed by atoms with E-state index in [-0.39, 0.29) is 6.04 Å². The van der Waals surface area contributed by atoms with E-state index in [4.69, 9.17) is 4.74 Å². The fourth-order valence-corrected chi connectivity index (χ4v) is 6.32. The third-order valence-electron chi connectivity index (χ3n) is 6.79. The predicted octanol–water partition coefficient (Wildman–Crippen LogP) is 2.19. The summed E-state index contributed by atoms with van der Waals surface area (Å²) in [5.41, 5.74) is 5.31. The first kappa shape index (κ1) is 21.3. The van der Waals surface area contributed by atoms with E-state index in [9.17, 15) is 8.42 Å². The molecular formula is C24H26N6O3S. The zero-order chi connectivity index (χ0) is 23.3. The third kappa shape index (κ3) is 3.86. The standard InChI is InChI=1S/C24H26N6O3S/c1-29-14-18(13-27-29)17-11-21-22(12-17)25-15-26-24(21)30-7-4-19(5-8-30)28-34(31,32)20-2-3-23-16(10-20)6-9-33-23/h2-3,10-11,13-15,19,28H,4-9,12H2,1H3. The molecular weight excluding hydrogens is 452 g/mol. The van der Waals surface area contributed by atoms with Crippen LogP contribution in [0.25, 0.3) is 11.6 Å². The second kappa shape index (κ2) is 8.21. The van der Waals surface area contributed by atoms with Crippen molar-refractivity contribution in [2.75, 3.05) is 24.6 Å². The van der Waals surface area contributed by atoms with E-state index in [1.54, 1.807) is 29.2 Å². The number of aromatic nitrogens is 4. The monoisotopic (exact) mass is 478 g/mol. The lowest BCUT2D eigenvalue weighted by molar-refractivity contribution is 0.356. The largest absolute Gasteiger partial charge is 0.493 e. The van der Waals surface area contributed by atoms with Gasteiger partial charge >= 0.3 is 0 Å². The quantitative estimate of drug-likeness (QED) is 0.600. The topological polar surface area (TPSA) is 102 Å². The number of nitrogens with zero attached hydrogens (tertiary/aromatic N) is 5. The fraction of sp³-hybridized carbons (Fsp3) is 0.375. The number of aryl methyl sites for hydroxylation is 1. The van der Waals surface area contributed by atoms with Gasteiger partial charge in [0.25, 0.3) is 0 Å². The number of fused-ring (bicyclic) bond motifs is 2. The first-order chi connectivity index (χ1) is 16.5. The van der Waals surface area contributed by atoms with E-state index in [0.717, 1.165) is 59.9 Å². The van der Waals surface area contributed by atoms with Crippen LogP contribution in [-0.4, -0.2) is 53.9 Å². The van der Waals surface area contributed by atoms with Crippen molar-refractivity contribution >= 4 is 27.5 Å². The number of piperidine rings is 1. The average molecular weight is 479 g/mol. The minimum absolute atomic E-state index is 0.109. The molecule has 0 bridgehead atoms. The van der Waals surface area contributed by atoms with Gasteiger partial charge in [-0.25, -0.2) is 23.1 Å². The summed E-state index contributed by atoms with van der Waals surface area (Å²) in [7, 11) is -1.66. The van der Waals surface area contributed by atoms with Gasteiger partial charge in [-0.1, -0.05) is 0 Å². The molecule has 1 aromatic carbocycles. The fourth-order valence-electron chi connectivity index (χ4n) is 4.97. The Hall–Kier alpha value is -3.24. The molecule has 2 aliphatic heterocycles. The highest BCUT2D eigenvalue weighted by Gasteiger charge is 2.29. The second-order valence-corrected chi connectivity index (χ2v) is 10.8. The molecule has 1 fully saturated rings. The lowest BCUT2D eigenvalue weighted by atomic mass is 10.1. The number of sulfonamides is 1. The van der Waals surface area contributed by atoms with Gasteiger partial charge in [-0.2, -0.15) is 5.10 Å². The van der Waals surface area contributed by atoms with Gasteiger partial charge in [0.15, 0.2) is 0 Å². The van der Waals surface area contributed by atoms with Crippen LogP contribution in [0.1, 0.15) is 35.2 Å². The summed E-state index contributed by atoms with van der Waals surface area (Å²) >= 11 is 0. The van der Waals surface area contributed by atoms with Crippen molar-refractivity contribution in [1.82, 2.24) is 24.5 Å². The first-order valence-electron chi connectivity index (χ1n) is 11.5. The summed E-state index contributed by atoms with van der Waals surface area (Å²) in [6, 6.07) is 5.00. The maximum Gasteiger partial charge on any atom is 0.240 e. The molecule has 3 aliphatic rings. The smallest absolute Gasteiger partial charge is 0.240 e. The normalized spacial score (nSPS) is 17.9. The molecule has 0 unspecified atom stereocenters. The molecule has 0 amide bonds. The van der Waals surface area contributed by atoms with Crippen LogP contribution in [0.5, 0.6) is 5.75 Å². The molecule has 176 valence electrons. The summed E-state index contributed by atoms with van der Waals surface area (Å²) in [4.78, 5) is 11.6. The van der Waals surface area contributed by atoms with E-state index >= 15 is 0 Å². The zero-order valence-electron chi connectivity index (χ0n) is 18.9. The highest BCUT2D eigenvalue weighted by Crippen LogP contribution is 2.35. The molecule has 1 aliphatic carbocycles. The van der Waals surface area contributed by atoms with Gasteiger partial charge in [0.2, 0.25) is 10.0 Å². The third-order valence-corrected chi connectivity index (χ3v) is 8.30. The molecule has 0 atom stereocenters. The summed E-state index contributed by atoms with van der Waals surface area (Å²) in [6.07, 6.45) is 10.6. The van der Waals surface area contributed by atoms with Gasteiger partial charge in [0.05, 0.1) is 23.4 Å². The lowest BCUT2D eigenvalue weighted by Gasteiger charge is -2.33. The van der Waals surface area contributed by atoms with Gasteiger partial charge in [-0.15, -0.1) is 0 Å². The molecule has 1 saturated heterocycles. The van der Waals surface area contributed by atoms with Crippen molar-refractivity contribution in [3.8, 4) is 5.75 Å². The van der Waals surface area contributed by atoms with Crippen LogP contribution in [0, 0.1) is 0 Å². The number of rotatable bonds is 5. The molecule has 9 nitrogen and oxygen atoms in total. The van der Waals surface area contributed by atoms with Crippen molar-refractivity contribution < 1.29 is 13.2 Å². The van der Waals surface area contributed by atoms with E-state index in [1.165, 1.54) is 5.57 Å². The summed E-state index contributed by atoms with van der Waals surface area (Å²) in [5.74, 6) is 1.70. The number of ether oxygens (including phenoxy) is 1. The Bertz CT molecular complexity index is 1390. The van der Waals surface area contributed by atoms with Crippen molar-refractivity contribution in [2.24, 2.45) is 7.05 Å². The molecule has 3 aromatic rings. The Morgan fingerprint density at radius 2 is 2.03 bits per heavy atom. The minimum atomic E-state index is -3.58. The molecule has 0 saturated carbocycles. The average Bonchev–Trinajstić information content (AvgIpc) is 3.57. The zero-order valence-corrected chi connectivity index (χ0v) is 19.8. The van der Waals surface area contributed by atoms with Crippen molar-refractivity contribution in [3.05, 3.63) is 59.3 Å². The number of anilines is 1. The van der Waals surface area contributed by atoms with Gasteiger partial charge in [-0.05, 0) is 48.3 Å². The molecule has 0 spiro atoms. The van der Waals surface area contributed by atoms with Crippen LogP contribution in [0.2, 0.25) is 0 Å². The number of allylic oxidation sites excluding steroid dienone is 1. The second-order valence-electron chi connectivity index (χ2n) is 9.06. The Labute approximate surface area is 198 Å². The Morgan fingerprint density at radius 3 is 2.82 bits per heavy atom. The molecule has 2 aromatic heterocycles. The lowest BCUT2D eigenvalue weighted by Crippen LogP contribution is -2.45.